The lowest BCUT2D eigenvalue weighted by molar-refractivity contribution is -0.117. The Balaban J connectivity index is 1.57. The number of hydrogen-bond acceptors (Lipinski definition) is 4. The molecule has 1 aliphatic carbocycles. The minimum atomic E-state index is -0.253. The van der Waals surface area contributed by atoms with E-state index < -0.39 is 0 Å². The lowest BCUT2D eigenvalue weighted by Gasteiger charge is -2.59. The van der Waals surface area contributed by atoms with Gasteiger partial charge in [0.25, 0.3) is 0 Å². The molecule has 3 aliphatic heterocycles. The second kappa shape index (κ2) is 7.40. The standard InChI is InChI=1S/C22H31Cl2N4/c1-26-12-13-28-20(4-9-25-28)22(26,17-14-18(23)16-19(24)15-17)27-10-7-21(8-11-27)5-2-3-6-21/h14-16,25H,2-13H2,1H3. The van der Waals surface area contributed by atoms with E-state index in [9.17, 15) is 0 Å². The van der Waals surface area contributed by atoms with Gasteiger partial charge in [-0.2, -0.15) is 0 Å². The van der Waals surface area contributed by atoms with Crippen LogP contribution in [0.2, 0.25) is 10.0 Å². The molecule has 1 unspecified atom stereocenters. The van der Waals surface area contributed by atoms with Gasteiger partial charge in [0.2, 0.25) is 0 Å². The number of likely N-dealkylation sites (tertiary alicyclic amines) is 1. The number of hydrogen-bond donors (Lipinski definition) is 1. The first kappa shape index (κ1) is 19.6. The Morgan fingerprint density at radius 1 is 0.893 bits per heavy atom. The molecule has 28 heavy (non-hydrogen) atoms. The van der Waals surface area contributed by atoms with Crippen molar-refractivity contribution in [2.24, 2.45) is 5.41 Å². The van der Waals surface area contributed by atoms with Gasteiger partial charge in [0.15, 0.2) is 0 Å². The third-order valence-corrected chi connectivity index (χ3v) is 8.25. The van der Waals surface area contributed by atoms with Gasteiger partial charge in [0, 0.05) is 42.8 Å². The van der Waals surface area contributed by atoms with E-state index in [1.165, 1.54) is 50.1 Å². The normalized spacial score (nSPS) is 32.2. The van der Waals surface area contributed by atoms with E-state index in [0.717, 1.165) is 49.2 Å². The van der Waals surface area contributed by atoms with E-state index >= 15 is 0 Å². The van der Waals surface area contributed by atoms with E-state index in [4.69, 9.17) is 23.2 Å². The van der Waals surface area contributed by atoms with Crippen molar-refractivity contribution in [1.29, 1.82) is 0 Å². The van der Waals surface area contributed by atoms with Crippen molar-refractivity contribution in [3.8, 4) is 0 Å². The summed E-state index contributed by atoms with van der Waals surface area (Å²) >= 11 is 13.0. The van der Waals surface area contributed by atoms with Crippen molar-refractivity contribution < 1.29 is 0 Å². The highest BCUT2D eigenvalue weighted by Gasteiger charge is 2.57. The van der Waals surface area contributed by atoms with Crippen molar-refractivity contribution >= 4 is 23.2 Å². The first-order chi connectivity index (χ1) is 13.5. The van der Waals surface area contributed by atoms with Crippen LogP contribution in [0.4, 0.5) is 0 Å². The highest BCUT2D eigenvalue weighted by molar-refractivity contribution is 6.34. The minimum absolute atomic E-state index is 0.253. The number of nitrogens with one attached hydrogen (secondary N) is 1. The summed E-state index contributed by atoms with van der Waals surface area (Å²) in [5, 5.41) is 3.85. The molecule has 1 radical (unpaired) electrons. The molecule has 1 aromatic rings. The summed E-state index contributed by atoms with van der Waals surface area (Å²) in [6.07, 6.45) is 9.40. The van der Waals surface area contributed by atoms with E-state index in [2.05, 4.69) is 39.4 Å². The molecule has 1 spiro atoms. The molecule has 1 saturated carbocycles. The highest BCUT2D eigenvalue weighted by atomic mass is 35.5. The van der Waals surface area contributed by atoms with Crippen LogP contribution in [-0.2, 0) is 5.66 Å². The number of likely N-dealkylation sites (N-methyl/N-ethyl adjacent to an activating group) is 1. The van der Waals surface area contributed by atoms with E-state index in [1.54, 1.807) is 0 Å². The van der Waals surface area contributed by atoms with E-state index in [1.807, 2.05) is 6.07 Å². The van der Waals surface area contributed by atoms with Crippen LogP contribution in [0, 0.1) is 11.5 Å². The summed E-state index contributed by atoms with van der Waals surface area (Å²) in [5.74, 6) is 0. The Labute approximate surface area is 179 Å². The second-order valence-corrected chi connectivity index (χ2v) is 10.1. The summed E-state index contributed by atoms with van der Waals surface area (Å²) in [4.78, 5) is 5.27. The van der Waals surface area contributed by atoms with Crippen molar-refractivity contribution in [3.63, 3.8) is 0 Å². The largest absolute Gasteiger partial charge is 0.282 e. The van der Waals surface area contributed by atoms with Crippen LogP contribution < -0.4 is 5.43 Å². The Kier molecular flexibility index (Phi) is 5.18. The average Bonchev–Trinajstić information content (AvgIpc) is 3.32. The molecule has 153 valence electrons. The van der Waals surface area contributed by atoms with Crippen LogP contribution in [0.5, 0.6) is 0 Å². The molecule has 3 saturated heterocycles. The maximum Gasteiger partial charge on any atom is 0.122 e. The van der Waals surface area contributed by atoms with Crippen LogP contribution in [0.3, 0.4) is 0 Å². The SMILES string of the molecule is CN1CCN2NCC[C]2C1(c1cc(Cl)cc(Cl)c1)N1CCC2(CCCC2)CC1. The van der Waals surface area contributed by atoms with E-state index in [0.29, 0.717) is 5.41 Å². The Bertz CT molecular complexity index is 705. The Hall–Kier alpha value is -0.360. The maximum atomic E-state index is 6.50. The Morgan fingerprint density at radius 3 is 2.25 bits per heavy atom. The predicted octanol–water partition coefficient (Wildman–Crippen LogP) is 4.49. The molecular formula is C22H31Cl2N4. The fourth-order valence-electron chi connectivity index (χ4n) is 6.43. The number of nitrogens with zero attached hydrogens (tertiary/aromatic N) is 3. The summed E-state index contributed by atoms with van der Waals surface area (Å²) in [7, 11) is 2.28. The predicted molar refractivity (Wildman–Crippen MR) is 115 cm³/mol. The molecule has 4 aliphatic rings. The fraction of sp³-hybridized carbons (Fsp3) is 0.682. The number of piperidine rings is 1. The van der Waals surface area contributed by atoms with Gasteiger partial charge in [-0.05, 0) is 68.3 Å². The van der Waals surface area contributed by atoms with Crippen molar-refractivity contribution in [1.82, 2.24) is 20.2 Å². The summed E-state index contributed by atoms with van der Waals surface area (Å²) in [6.45, 7) is 5.34. The monoisotopic (exact) mass is 421 g/mol. The fourth-order valence-corrected chi connectivity index (χ4v) is 6.95. The van der Waals surface area contributed by atoms with Gasteiger partial charge in [-0.3, -0.25) is 15.2 Å². The molecule has 6 heteroatoms. The number of benzene rings is 1. The first-order valence-corrected chi connectivity index (χ1v) is 11.6. The zero-order valence-electron chi connectivity index (χ0n) is 16.8. The molecule has 1 aromatic carbocycles. The van der Waals surface area contributed by atoms with Gasteiger partial charge >= 0.3 is 0 Å². The van der Waals surface area contributed by atoms with Gasteiger partial charge in [0.05, 0.1) is 6.04 Å². The molecule has 0 bridgehead atoms. The van der Waals surface area contributed by atoms with Crippen LogP contribution in [0.15, 0.2) is 18.2 Å². The van der Waals surface area contributed by atoms with Crippen molar-refractivity contribution in [2.75, 3.05) is 39.8 Å². The molecule has 0 aromatic heterocycles. The summed E-state index contributed by atoms with van der Waals surface area (Å²) < 4.78 is 0. The molecule has 3 heterocycles. The molecule has 4 fully saturated rings. The van der Waals surface area contributed by atoms with Crippen LogP contribution >= 0.6 is 23.2 Å². The summed E-state index contributed by atoms with van der Waals surface area (Å²) in [5.41, 5.74) is 5.17. The Morgan fingerprint density at radius 2 is 1.57 bits per heavy atom. The third-order valence-electron chi connectivity index (χ3n) is 7.82. The zero-order valence-corrected chi connectivity index (χ0v) is 18.3. The van der Waals surface area contributed by atoms with Crippen molar-refractivity contribution in [2.45, 2.75) is 50.6 Å². The molecular weight excluding hydrogens is 391 g/mol. The lowest BCUT2D eigenvalue weighted by atomic mass is 9.74. The number of rotatable bonds is 2. The van der Waals surface area contributed by atoms with Crippen LogP contribution in [0.1, 0.15) is 50.5 Å². The van der Waals surface area contributed by atoms with Gasteiger partial charge in [-0.15, -0.1) is 0 Å². The van der Waals surface area contributed by atoms with Gasteiger partial charge in [0.1, 0.15) is 5.66 Å². The molecule has 5 rings (SSSR count). The average molecular weight is 422 g/mol. The molecule has 1 N–H and O–H groups in total. The molecule has 1 atom stereocenters. The van der Waals surface area contributed by atoms with E-state index in [-0.39, 0.29) is 5.66 Å². The quantitative estimate of drug-likeness (QED) is 0.758. The highest BCUT2D eigenvalue weighted by Crippen LogP contribution is 2.53. The van der Waals surface area contributed by atoms with Gasteiger partial charge in [-0.25, -0.2) is 5.01 Å². The van der Waals surface area contributed by atoms with Crippen LogP contribution in [0.25, 0.3) is 0 Å². The number of halogens is 2. The third kappa shape index (κ3) is 3.03. The number of fused-ring (bicyclic) bond motifs is 1. The summed E-state index contributed by atoms with van der Waals surface area (Å²) in [6, 6.07) is 7.58. The first-order valence-electron chi connectivity index (χ1n) is 10.8. The van der Waals surface area contributed by atoms with Gasteiger partial charge < -0.3 is 0 Å². The topological polar surface area (TPSA) is 21.8 Å². The number of piperazine rings is 1. The van der Waals surface area contributed by atoms with Crippen molar-refractivity contribution in [3.05, 3.63) is 39.8 Å². The smallest absolute Gasteiger partial charge is 0.122 e. The number of hydrazine groups is 1. The van der Waals surface area contributed by atoms with Gasteiger partial charge in [-0.1, -0.05) is 36.0 Å². The molecule has 0 amide bonds. The maximum absolute atomic E-state index is 6.50. The zero-order chi connectivity index (χ0) is 19.4. The molecule has 4 nitrogen and oxygen atoms in total. The van der Waals surface area contributed by atoms with Crippen LogP contribution in [-0.4, -0.2) is 54.6 Å². The minimum Gasteiger partial charge on any atom is -0.282 e. The lowest BCUT2D eigenvalue weighted by Crippen LogP contribution is -2.69. The second-order valence-electron chi connectivity index (χ2n) is 9.20.